The first-order valence-electron chi connectivity index (χ1n) is 10.2. The number of rotatable bonds is 7. The predicted octanol–water partition coefficient (Wildman–Crippen LogP) is 6.58. The minimum Gasteiger partial charge on any atom is -0.147 e. The quantitative estimate of drug-likeness (QED) is 0.268. The summed E-state index contributed by atoms with van der Waals surface area (Å²) < 4.78 is 6.44. The SMILES string of the molecule is CN(C)CC1=CCC(c2ccccc2C([O][Ti])(c2ccccc2)c2ccccc2)=C1.Cl.Cl. The molecule has 32 heavy (non-hydrogen) atoms. The minimum atomic E-state index is -0.676. The van der Waals surface area contributed by atoms with E-state index in [-0.39, 0.29) is 24.8 Å². The summed E-state index contributed by atoms with van der Waals surface area (Å²) in [5.74, 6) is 0. The number of halogens is 2. The van der Waals surface area contributed by atoms with Gasteiger partial charge in [-0.25, -0.2) is 0 Å². The average molecular weight is 501 g/mol. The molecule has 4 rings (SSSR count). The molecule has 1 aliphatic carbocycles. The fourth-order valence-electron chi connectivity index (χ4n) is 4.31. The van der Waals surface area contributed by atoms with Crippen molar-refractivity contribution < 1.29 is 24.1 Å². The van der Waals surface area contributed by atoms with Crippen LogP contribution in [0.25, 0.3) is 5.57 Å². The Morgan fingerprint density at radius 3 is 1.88 bits per heavy atom. The van der Waals surface area contributed by atoms with E-state index in [1.807, 2.05) is 20.8 Å². The maximum atomic E-state index is 6.44. The van der Waals surface area contributed by atoms with Crippen LogP contribution < -0.4 is 0 Å². The second-order valence-corrected chi connectivity index (χ2v) is 8.27. The zero-order valence-electron chi connectivity index (χ0n) is 18.3. The van der Waals surface area contributed by atoms with Crippen LogP contribution in [0.4, 0.5) is 0 Å². The van der Waals surface area contributed by atoms with Crippen molar-refractivity contribution in [1.29, 1.82) is 0 Å². The van der Waals surface area contributed by atoms with Crippen molar-refractivity contribution in [3.8, 4) is 0 Å². The summed E-state index contributed by atoms with van der Waals surface area (Å²) in [6, 6.07) is 29.8. The predicted molar refractivity (Wildman–Crippen MR) is 134 cm³/mol. The Hall–Kier alpha value is -1.65. The third kappa shape index (κ3) is 5.29. The van der Waals surface area contributed by atoms with Crippen molar-refractivity contribution >= 4 is 30.4 Å². The maximum Gasteiger partial charge on any atom is -0.147 e. The van der Waals surface area contributed by atoms with Crippen molar-refractivity contribution in [2.24, 2.45) is 0 Å². The van der Waals surface area contributed by atoms with Crippen LogP contribution >= 0.6 is 24.8 Å². The molecule has 5 heteroatoms. The van der Waals surface area contributed by atoms with Gasteiger partial charge in [-0.2, -0.15) is 0 Å². The molecule has 0 N–H and O–H groups in total. The van der Waals surface area contributed by atoms with E-state index in [1.54, 1.807) is 0 Å². The minimum absolute atomic E-state index is 0. The summed E-state index contributed by atoms with van der Waals surface area (Å²) in [4.78, 5) is 2.21. The monoisotopic (exact) mass is 500 g/mol. The summed E-state index contributed by atoms with van der Waals surface area (Å²) in [6.07, 6.45) is 5.63. The number of hydrogen-bond donors (Lipinski definition) is 0. The fourth-order valence-corrected chi connectivity index (χ4v) is 4.85. The summed E-state index contributed by atoms with van der Waals surface area (Å²) in [7, 11) is 4.22. The van der Waals surface area contributed by atoms with Gasteiger partial charge in [0.15, 0.2) is 0 Å². The van der Waals surface area contributed by atoms with Gasteiger partial charge < -0.3 is 0 Å². The Balaban J connectivity index is 0.00000181. The Labute approximate surface area is 216 Å². The molecule has 0 amide bonds. The van der Waals surface area contributed by atoms with Crippen molar-refractivity contribution in [2.45, 2.75) is 12.0 Å². The molecule has 0 aliphatic heterocycles. The molecule has 0 aromatic heterocycles. The molecule has 0 saturated heterocycles. The third-order valence-corrected chi connectivity index (χ3v) is 6.09. The third-order valence-electron chi connectivity index (χ3n) is 5.61. The Bertz CT molecular complexity index is 1030. The molecular weight excluding hydrogens is 473 g/mol. The van der Waals surface area contributed by atoms with Gasteiger partial charge in [-0.1, -0.05) is 0 Å². The van der Waals surface area contributed by atoms with Crippen LogP contribution in [0.3, 0.4) is 0 Å². The van der Waals surface area contributed by atoms with Crippen LogP contribution in [-0.4, -0.2) is 25.5 Å². The van der Waals surface area contributed by atoms with Gasteiger partial charge in [0.25, 0.3) is 0 Å². The molecule has 0 unspecified atom stereocenters. The molecule has 3 aromatic carbocycles. The van der Waals surface area contributed by atoms with E-state index in [1.165, 1.54) is 22.3 Å². The first-order chi connectivity index (χ1) is 14.6. The summed E-state index contributed by atoms with van der Waals surface area (Å²) in [6.45, 7) is 0.957. The molecule has 0 bridgehead atoms. The van der Waals surface area contributed by atoms with Gasteiger partial charge in [-0.05, 0) is 0 Å². The molecule has 0 heterocycles. The molecule has 0 saturated carbocycles. The normalized spacial score (nSPS) is 13.1. The standard InChI is InChI=1S/C27H26NO.2ClH.Ti/c1-28(2)20-21-17-18-22(19-21)25-15-9-10-16-26(25)27(29,23-11-5-3-6-12-23)24-13-7-4-8-14-24;;;/h3-17,19H,18,20H2,1-2H3;2*1H;/q-1;;;+1. The zero-order valence-corrected chi connectivity index (χ0v) is 21.5. The van der Waals surface area contributed by atoms with E-state index in [2.05, 4.69) is 116 Å². The van der Waals surface area contributed by atoms with Crippen LogP contribution in [0.5, 0.6) is 0 Å². The summed E-state index contributed by atoms with van der Waals surface area (Å²) in [5.41, 5.74) is 6.72. The Morgan fingerprint density at radius 1 is 0.812 bits per heavy atom. The second kappa shape index (κ2) is 12.0. The number of benzene rings is 3. The first-order valence-corrected chi connectivity index (χ1v) is 10.9. The molecule has 0 spiro atoms. The molecule has 0 fully saturated rings. The van der Waals surface area contributed by atoms with Crippen LogP contribution in [0.2, 0.25) is 0 Å². The molecule has 3 aromatic rings. The number of nitrogens with zero attached hydrogens (tertiary/aromatic N) is 1. The van der Waals surface area contributed by atoms with E-state index in [4.69, 9.17) is 3.32 Å². The summed E-state index contributed by atoms with van der Waals surface area (Å²) in [5, 5.41) is 0. The topological polar surface area (TPSA) is 12.5 Å². The number of hydrogen-bond acceptors (Lipinski definition) is 2. The molecule has 0 radical (unpaired) electrons. The smallest absolute Gasteiger partial charge is 0.147 e. The van der Waals surface area contributed by atoms with E-state index < -0.39 is 5.60 Å². The largest absolute Gasteiger partial charge is 0.147 e. The van der Waals surface area contributed by atoms with E-state index in [0.717, 1.165) is 24.1 Å². The maximum absolute atomic E-state index is 6.44. The average Bonchev–Trinajstić information content (AvgIpc) is 3.24. The van der Waals surface area contributed by atoms with Gasteiger partial charge in [-0.15, -0.1) is 24.8 Å². The van der Waals surface area contributed by atoms with Crippen LogP contribution in [0, 0.1) is 0 Å². The van der Waals surface area contributed by atoms with Gasteiger partial charge in [-0.3, -0.25) is 0 Å². The summed E-state index contributed by atoms with van der Waals surface area (Å²) >= 11 is 1.82. The molecule has 2 nitrogen and oxygen atoms in total. The molecular formula is C27H28Cl2NOTi. The number of allylic oxidation sites excluding steroid dienone is 2. The van der Waals surface area contributed by atoms with Gasteiger partial charge in [0.05, 0.1) is 0 Å². The van der Waals surface area contributed by atoms with Crippen molar-refractivity contribution in [3.63, 3.8) is 0 Å². The van der Waals surface area contributed by atoms with Crippen molar-refractivity contribution in [2.75, 3.05) is 20.6 Å². The molecule has 165 valence electrons. The first kappa shape index (κ1) is 26.6. The Morgan fingerprint density at radius 2 is 1.34 bits per heavy atom. The van der Waals surface area contributed by atoms with Gasteiger partial charge in [0, 0.05) is 0 Å². The van der Waals surface area contributed by atoms with Crippen molar-refractivity contribution in [3.05, 3.63) is 125 Å². The molecule has 1 aliphatic rings. The fraction of sp³-hybridized carbons (Fsp3) is 0.185. The van der Waals surface area contributed by atoms with Gasteiger partial charge in [0.1, 0.15) is 0 Å². The Kier molecular flexibility index (Phi) is 9.97. The molecule has 0 atom stereocenters. The van der Waals surface area contributed by atoms with E-state index >= 15 is 0 Å². The van der Waals surface area contributed by atoms with Crippen LogP contribution in [0.15, 0.2) is 103 Å². The second-order valence-electron chi connectivity index (χ2n) is 7.95. The van der Waals surface area contributed by atoms with E-state index in [0.29, 0.717) is 0 Å². The zero-order chi connectivity index (χ0) is 21.0. The van der Waals surface area contributed by atoms with Crippen LogP contribution in [0.1, 0.15) is 28.7 Å². The van der Waals surface area contributed by atoms with Crippen molar-refractivity contribution in [1.82, 2.24) is 4.90 Å². The number of likely N-dealkylation sites (N-methyl/N-ethyl adjacent to an activating group) is 1. The van der Waals surface area contributed by atoms with E-state index in [9.17, 15) is 0 Å². The van der Waals surface area contributed by atoms with Gasteiger partial charge in [0.2, 0.25) is 0 Å². The van der Waals surface area contributed by atoms with Crippen LogP contribution in [-0.2, 0) is 29.7 Å². The van der Waals surface area contributed by atoms with Gasteiger partial charge >= 0.3 is 192 Å².